The van der Waals surface area contributed by atoms with Crippen molar-refractivity contribution < 1.29 is 24.0 Å². The summed E-state index contributed by atoms with van der Waals surface area (Å²) < 4.78 is 18.4. The number of nitrogens with zero attached hydrogens (tertiary/aromatic N) is 4. The monoisotopic (exact) mass is 470 g/mol. The second kappa shape index (κ2) is 8.27. The third-order valence-electron chi connectivity index (χ3n) is 4.67. The fraction of sp³-hybridized carbons (Fsp3) is 0.353. The normalized spacial score (nSPS) is 26.8. The summed E-state index contributed by atoms with van der Waals surface area (Å²) in [4.78, 5) is 12.1. The molecule has 3 aromatic rings. The molecule has 0 radical (unpaired) electrons. The first-order chi connectivity index (χ1) is 14.3. The van der Waals surface area contributed by atoms with E-state index < -0.39 is 31.2 Å². The van der Waals surface area contributed by atoms with Crippen LogP contribution in [0, 0.1) is 0 Å². The molecular formula is C17H18ClN5O5PS+. The third-order valence-corrected chi connectivity index (χ3v) is 6.19. The van der Waals surface area contributed by atoms with E-state index in [2.05, 4.69) is 15.0 Å². The highest BCUT2D eigenvalue weighted by Crippen LogP contribution is 2.41. The van der Waals surface area contributed by atoms with Crippen molar-refractivity contribution in [3.05, 3.63) is 41.8 Å². The Morgan fingerprint density at radius 2 is 2.10 bits per heavy atom. The van der Waals surface area contributed by atoms with Crippen LogP contribution in [-0.2, 0) is 21.1 Å². The quantitative estimate of drug-likeness (QED) is 0.362. The van der Waals surface area contributed by atoms with Crippen LogP contribution in [0.5, 0.6) is 5.75 Å². The first kappa shape index (κ1) is 21.3. The number of aliphatic hydroxyl groups excluding tert-OH is 1. The highest BCUT2D eigenvalue weighted by Gasteiger charge is 2.54. The number of imidazole rings is 1. The van der Waals surface area contributed by atoms with Crippen LogP contribution in [0.15, 0.2) is 36.7 Å². The van der Waals surface area contributed by atoms with Crippen molar-refractivity contribution in [1.82, 2.24) is 19.5 Å². The van der Waals surface area contributed by atoms with Gasteiger partial charge in [-0.3, -0.25) is 9.09 Å². The van der Waals surface area contributed by atoms with E-state index in [9.17, 15) is 10.2 Å². The van der Waals surface area contributed by atoms with Gasteiger partial charge in [0.05, 0.1) is 6.33 Å². The van der Waals surface area contributed by atoms with Crippen LogP contribution in [-0.4, -0.2) is 54.1 Å². The molecule has 4 rings (SSSR count). The van der Waals surface area contributed by atoms with Gasteiger partial charge in [-0.15, -0.1) is 4.52 Å². The van der Waals surface area contributed by atoms with Crippen molar-refractivity contribution in [3.8, 4) is 5.75 Å². The number of nitrogens with two attached hydrogens (primary N) is 1. The summed E-state index contributed by atoms with van der Waals surface area (Å²) in [5.41, 5.74) is 4.56. The molecule has 4 N–H and O–H groups in total. The van der Waals surface area contributed by atoms with Gasteiger partial charge in [-0.05, 0) is 19.1 Å². The zero-order valence-electron chi connectivity index (χ0n) is 15.6. The van der Waals surface area contributed by atoms with Crippen LogP contribution in [0.4, 0.5) is 5.95 Å². The van der Waals surface area contributed by atoms with Gasteiger partial charge < -0.3 is 20.7 Å². The Balaban J connectivity index is 1.50. The molecule has 1 aliphatic heterocycles. The zero-order valence-corrected chi connectivity index (χ0v) is 18.1. The lowest BCUT2D eigenvalue weighted by Crippen LogP contribution is -2.44. The minimum atomic E-state index is -1.68. The summed E-state index contributed by atoms with van der Waals surface area (Å²) in [6.07, 6.45) is -1.78. The molecule has 0 aliphatic carbocycles. The lowest BCUT2D eigenvalue weighted by molar-refractivity contribution is -0.0947. The van der Waals surface area contributed by atoms with E-state index in [0.29, 0.717) is 11.3 Å². The molecule has 1 aromatic carbocycles. The Labute approximate surface area is 182 Å². The molecule has 158 valence electrons. The maximum Gasteiger partial charge on any atom is 0.573 e. The van der Waals surface area contributed by atoms with Gasteiger partial charge in [0.2, 0.25) is 17.8 Å². The maximum absolute atomic E-state index is 10.9. The van der Waals surface area contributed by atoms with Gasteiger partial charge in [-0.25, -0.2) is 4.98 Å². The minimum absolute atomic E-state index is 0.0536. The molecule has 0 bridgehead atoms. The predicted octanol–water partition coefficient (Wildman–Crippen LogP) is 1.94. The summed E-state index contributed by atoms with van der Waals surface area (Å²) in [7, 11) is -1.68. The van der Waals surface area contributed by atoms with E-state index in [4.69, 9.17) is 42.9 Å². The van der Waals surface area contributed by atoms with Crippen molar-refractivity contribution in [3.63, 3.8) is 0 Å². The molecule has 0 saturated carbocycles. The van der Waals surface area contributed by atoms with Crippen molar-refractivity contribution in [2.75, 3.05) is 12.3 Å². The molecule has 1 fully saturated rings. The van der Waals surface area contributed by atoms with Crippen LogP contribution in [0.25, 0.3) is 11.2 Å². The average molecular weight is 471 g/mol. The number of fused-ring (bicyclic) bond motifs is 1. The van der Waals surface area contributed by atoms with Gasteiger partial charge >= 0.3 is 7.15 Å². The first-order valence-electron chi connectivity index (χ1n) is 8.82. The molecule has 10 nitrogen and oxygen atoms in total. The van der Waals surface area contributed by atoms with Gasteiger partial charge in [0.15, 0.2) is 22.8 Å². The van der Waals surface area contributed by atoms with Gasteiger partial charge in [-0.2, -0.15) is 9.97 Å². The Hall–Kier alpha value is -1.98. The Morgan fingerprint density at radius 3 is 2.83 bits per heavy atom. The Morgan fingerprint density at radius 1 is 1.37 bits per heavy atom. The number of aromatic nitrogens is 4. The summed E-state index contributed by atoms with van der Waals surface area (Å²) in [6, 6.07) is 9.01. The number of hydrogen-bond donors (Lipinski definition) is 3. The van der Waals surface area contributed by atoms with E-state index in [0.717, 1.165) is 0 Å². The molecular weight excluding hydrogens is 453 g/mol. The number of halogens is 1. The number of para-hydroxylation sites is 1. The first-order valence-corrected chi connectivity index (χ1v) is 11.4. The fourth-order valence-electron chi connectivity index (χ4n) is 3.18. The molecule has 5 atom stereocenters. The van der Waals surface area contributed by atoms with Gasteiger partial charge in [0, 0.05) is 0 Å². The molecule has 2 aromatic heterocycles. The molecule has 1 aliphatic rings. The largest absolute Gasteiger partial charge is 0.573 e. The lowest BCUT2D eigenvalue weighted by atomic mass is 9.96. The number of benzene rings is 1. The summed E-state index contributed by atoms with van der Waals surface area (Å²) in [5, 5.41) is 21.6. The zero-order chi connectivity index (χ0) is 21.5. The van der Waals surface area contributed by atoms with E-state index >= 15 is 0 Å². The number of ether oxygens (including phenoxy) is 1. The number of nitrogen functional groups attached to an aromatic ring is 1. The van der Waals surface area contributed by atoms with Crippen molar-refractivity contribution >= 4 is 47.7 Å². The fourth-order valence-corrected chi connectivity index (χ4v) is 4.45. The molecule has 1 saturated heterocycles. The van der Waals surface area contributed by atoms with Crippen molar-refractivity contribution in [1.29, 1.82) is 0 Å². The maximum atomic E-state index is 10.9. The number of anilines is 1. The molecule has 30 heavy (non-hydrogen) atoms. The molecule has 0 amide bonds. The minimum Gasteiger partial charge on any atom is -0.387 e. The highest BCUT2D eigenvalue weighted by molar-refractivity contribution is 8.00. The summed E-state index contributed by atoms with van der Waals surface area (Å²) >= 11 is 11.3. The third kappa shape index (κ3) is 3.97. The van der Waals surface area contributed by atoms with Gasteiger partial charge in [0.1, 0.15) is 29.9 Å². The second-order valence-corrected chi connectivity index (χ2v) is 8.96. The number of hydrogen-bond acceptors (Lipinski definition) is 10. The molecule has 5 unspecified atom stereocenters. The van der Waals surface area contributed by atoms with Gasteiger partial charge in [0.25, 0.3) is 0 Å². The number of rotatable bonds is 6. The standard InChI is InChI=1S/C17H18ClN5O5PS/c1-17(25)12(24)10(7-26-29(30)28-9-5-3-2-4-6-9)27-15(17)23-8-20-11-13(18)21-16(19)22-14(11)23/h2-6,8,10,12,15,24-25H,7H2,1H3,(H2,19,21,22)/q+1. The van der Waals surface area contributed by atoms with Crippen LogP contribution in [0.1, 0.15) is 13.2 Å². The highest BCUT2D eigenvalue weighted by atomic mass is 35.5. The second-order valence-electron chi connectivity index (χ2n) is 6.82. The number of aliphatic hydroxyl groups is 2. The van der Waals surface area contributed by atoms with Crippen LogP contribution in [0.3, 0.4) is 0 Å². The van der Waals surface area contributed by atoms with E-state index in [1.807, 2.05) is 18.2 Å². The summed E-state index contributed by atoms with van der Waals surface area (Å²) in [6.45, 7) is 1.36. The van der Waals surface area contributed by atoms with Crippen LogP contribution in [0.2, 0.25) is 5.15 Å². The predicted molar refractivity (Wildman–Crippen MR) is 113 cm³/mol. The van der Waals surface area contributed by atoms with Crippen molar-refractivity contribution in [2.45, 2.75) is 31.0 Å². The summed E-state index contributed by atoms with van der Waals surface area (Å²) in [5.74, 6) is 0.526. The van der Waals surface area contributed by atoms with Crippen molar-refractivity contribution in [2.24, 2.45) is 0 Å². The average Bonchev–Trinajstić information content (AvgIpc) is 3.20. The molecule has 3 heterocycles. The smallest absolute Gasteiger partial charge is 0.387 e. The van der Waals surface area contributed by atoms with E-state index in [1.54, 1.807) is 12.1 Å². The van der Waals surface area contributed by atoms with Crippen LogP contribution >= 0.6 is 18.8 Å². The SMILES string of the molecule is CC1(O)C(O)C(CO[P+](=S)Oc2ccccc2)OC1n1cnc2c(Cl)nc(N)nc21. The van der Waals surface area contributed by atoms with Gasteiger partial charge in [-0.1, -0.05) is 29.8 Å². The van der Waals surface area contributed by atoms with E-state index in [1.165, 1.54) is 17.8 Å². The molecule has 13 heteroatoms. The Kier molecular flexibility index (Phi) is 5.86. The Bertz CT molecular complexity index is 1090. The molecule has 0 spiro atoms. The lowest BCUT2D eigenvalue weighted by Gasteiger charge is -2.27. The topological polar surface area (TPSA) is 138 Å². The van der Waals surface area contributed by atoms with Crippen LogP contribution < -0.4 is 10.3 Å². The van der Waals surface area contributed by atoms with E-state index in [-0.39, 0.29) is 23.4 Å².